The third-order valence-corrected chi connectivity index (χ3v) is 8.43. The predicted octanol–water partition coefficient (Wildman–Crippen LogP) is 3.24. The van der Waals surface area contributed by atoms with Gasteiger partial charge >= 0.3 is 0 Å². The molecule has 0 amide bonds. The lowest BCUT2D eigenvalue weighted by molar-refractivity contribution is 0.0713. The zero-order valence-corrected chi connectivity index (χ0v) is 14.6. The Bertz CT molecular complexity index is 430. The van der Waals surface area contributed by atoms with Crippen LogP contribution in [0.25, 0.3) is 0 Å². The number of nitrogens with zero attached hydrogens (tertiary/aromatic N) is 1. The maximum Gasteiger partial charge on any atom is 0.192 e. The molecule has 114 valence electrons. The van der Waals surface area contributed by atoms with Crippen LogP contribution in [-0.2, 0) is 15.6 Å². The highest BCUT2D eigenvalue weighted by atomic mass is 28.4. The van der Waals surface area contributed by atoms with E-state index in [1.807, 2.05) is 6.07 Å². The second-order valence-electron chi connectivity index (χ2n) is 6.74. The molecule has 0 saturated heterocycles. The average molecular weight is 296 g/mol. The molecule has 0 saturated carbocycles. The summed E-state index contributed by atoms with van der Waals surface area (Å²) in [5, 5.41) is 0.183. The predicted molar refractivity (Wildman–Crippen MR) is 86.3 cm³/mol. The van der Waals surface area contributed by atoms with Crippen LogP contribution in [0.3, 0.4) is 0 Å². The van der Waals surface area contributed by atoms with Crippen LogP contribution >= 0.6 is 0 Å². The van der Waals surface area contributed by atoms with Crippen molar-refractivity contribution in [1.82, 2.24) is 4.98 Å². The number of ether oxygens (including phenoxy) is 1. The number of hydrogen-bond acceptors (Lipinski definition) is 4. The van der Waals surface area contributed by atoms with Crippen LogP contribution < -0.4 is 5.73 Å². The summed E-state index contributed by atoms with van der Waals surface area (Å²) in [6.07, 6.45) is 2.49. The first kappa shape index (κ1) is 17.1. The number of anilines is 1. The SMILES string of the molecule is COC[C@H](Cc1cc(N)ccn1)O[Si](C)(C)C(C)(C)C. The Morgan fingerprint density at radius 3 is 2.50 bits per heavy atom. The fourth-order valence-corrected chi connectivity index (χ4v) is 3.09. The van der Waals surface area contributed by atoms with Crippen molar-refractivity contribution >= 4 is 14.0 Å². The normalized spacial score (nSPS) is 14.3. The smallest absolute Gasteiger partial charge is 0.192 e. The van der Waals surface area contributed by atoms with Gasteiger partial charge in [-0.3, -0.25) is 4.98 Å². The number of methoxy groups -OCH3 is 1. The highest BCUT2D eigenvalue weighted by Crippen LogP contribution is 2.37. The molecule has 0 aliphatic carbocycles. The molecule has 0 radical (unpaired) electrons. The van der Waals surface area contributed by atoms with E-state index in [-0.39, 0.29) is 11.1 Å². The highest BCUT2D eigenvalue weighted by Gasteiger charge is 2.39. The van der Waals surface area contributed by atoms with Crippen LogP contribution in [0.5, 0.6) is 0 Å². The van der Waals surface area contributed by atoms with Gasteiger partial charge < -0.3 is 14.9 Å². The maximum atomic E-state index is 6.42. The first-order chi connectivity index (χ1) is 9.15. The number of nitrogen functional groups attached to an aromatic ring is 1. The second kappa shape index (κ2) is 6.69. The Kier molecular flexibility index (Phi) is 5.74. The topological polar surface area (TPSA) is 57.4 Å². The quantitative estimate of drug-likeness (QED) is 0.819. The van der Waals surface area contributed by atoms with Crippen molar-refractivity contribution in [2.45, 2.75) is 51.4 Å². The molecule has 1 rings (SSSR count). The zero-order chi connectivity index (χ0) is 15.4. The van der Waals surface area contributed by atoms with E-state index in [9.17, 15) is 0 Å². The summed E-state index contributed by atoms with van der Waals surface area (Å²) in [7, 11) is -0.109. The van der Waals surface area contributed by atoms with Gasteiger partial charge in [0.15, 0.2) is 8.32 Å². The highest BCUT2D eigenvalue weighted by molar-refractivity contribution is 6.74. The van der Waals surface area contributed by atoms with Crippen molar-refractivity contribution in [1.29, 1.82) is 0 Å². The molecule has 1 aromatic rings. The van der Waals surface area contributed by atoms with E-state index in [0.717, 1.165) is 17.8 Å². The van der Waals surface area contributed by atoms with Gasteiger partial charge in [0.1, 0.15) is 0 Å². The van der Waals surface area contributed by atoms with Crippen LogP contribution in [0.4, 0.5) is 5.69 Å². The lowest BCUT2D eigenvalue weighted by Gasteiger charge is -2.39. The van der Waals surface area contributed by atoms with Gasteiger partial charge in [0.2, 0.25) is 0 Å². The van der Waals surface area contributed by atoms with Gasteiger partial charge in [-0.15, -0.1) is 0 Å². The van der Waals surface area contributed by atoms with E-state index in [0.29, 0.717) is 6.61 Å². The summed E-state index contributed by atoms with van der Waals surface area (Å²) < 4.78 is 11.7. The van der Waals surface area contributed by atoms with E-state index < -0.39 is 8.32 Å². The monoisotopic (exact) mass is 296 g/mol. The van der Waals surface area contributed by atoms with E-state index >= 15 is 0 Å². The molecule has 0 unspecified atom stereocenters. The van der Waals surface area contributed by atoms with E-state index in [1.54, 1.807) is 19.4 Å². The average Bonchev–Trinajstić information content (AvgIpc) is 2.27. The lowest BCUT2D eigenvalue weighted by atomic mass is 10.2. The summed E-state index contributed by atoms with van der Waals surface area (Å²) in [6.45, 7) is 11.8. The fraction of sp³-hybridized carbons (Fsp3) is 0.667. The van der Waals surface area contributed by atoms with E-state index in [2.05, 4.69) is 38.8 Å². The Morgan fingerprint density at radius 1 is 1.35 bits per heavy atom. The van der Waals surface area contributed by atoms with Gasteiger partial charge in [-0.05, 0) is 30.3 Å². The zero-order valence-electron chi connectivity index (χ0n) is 13.6. The summed E-state index contributed by atoms with van der Waals surface area (Å²) in [5.41, 5.74) is 7.49. The van der Waals surface area contributed by atoms with Crippen molar-refractivity contribution in [3.05, 3.63) is 24.0 Å². The summed E-state index contributed by atoms with van der Waals surface area (Å²) in [5.74, 6) is 0. The molecule has 0 aliphatic heterocycles. The maximum absolute atomic E-state index is 6.42. The molecule has 0 bridgehead atoms. The molecule has 0 aliphatic rings. The van der Waals surface area contributed by atoms with Gasteiger partial charge in [-0.25, -0.2) is 0 Å². The van der Waals surface area contributed by atoms with E-state index in [1.165, 1.54) is 0 Å². The molecular formula is C15H28N2O2Si. The largest absolute Gasteiger partial charge is 0.411 e. The lowest BCUT2D eigenvalue weighted by Crippen LogP contribution is -2.45. The first-order valence-electron chi connectivity index (χ1n) is 7.03. The van der Waals surface area contributed by atoms with Crippen LogP contribution in [0, 0.1) is 0 Å². The van der Waals surface area contributed by atoms with Gasteiger partial charge in [0, 0.05) is 31.1 Å². The number of pyridine rings is 1. The summed E-state index contributed by atoms with van der Waals surface area (Å²) in [4.78, 5) is 4.35. The number of nitrogens with two attached hydrogens (primary N) is 1. The molecule has 2 N–H and O–H groups in total. The van der Waals surface area contributed by atoms with Crippen LogP contribution in [0.15, 0.2) is 18.3 Å². The minimum absolute atomic E-state index is 0.0233. The second-order valence-corrected chi connectivity index (χ2v) is 11.5. The molecule has 1 aromatic heterocycles. The Morgan fingerprint density at radius 2 is 2.00 bits per heavy atom. The Balaban J connectivity index is 2.79. The van der Waals surface area contributed by atoms with Gasteiger partial charge in [0.25, 0.3) is 0 Å². The molecular weight excluding hydrogens is 268 g/mol. The third kappa shape index (κ3) is 4.88. The van der Waals surface area contributed by atoms with Crippen molar-refractivity contribution < 1.29 is 9.16 Å². The molecule has 0 spiro atoms. The Labute approximate surface area is 123 Å². The number of hydrogen-bond donors (Lipinski definition) is 1. The Hall–Kier alpha value is -0.913. The summed E-state index contributed by atoms with van der Waals surface area (Å²) in [6, 6.07) is 3.70. The minimum Gasteiger partial charge on any atom is -0.411 e. The molecule has 1 atom stereocenters. The fourth-order valence-electron chi connectivity index (χ4n) is 1.76. The molecule has 5 heteroatoms. The van der Waals surface area contributed by atoms with Crippen LogP contribution in [0.1, 0.15) is 26.5 Å². The number of rotatable bonds is 6. The van der Waals surface area contributed by atoms with E-state index in [4.69, 9.17) is 14.9 Å². The molecule has 20 heavy (non-hydrogen) atoms. The summed E-state index contributed by atoms with van der Waals surface area (Å²) >= 11 is 0. The van der Waals surface area contributed by atoms with Gasteiger partial charge in [-0.2, -0.15) is 0 Å². The molecule has 4 nitrogen and oxygen atoms in total. The van der Waals surface area contributed by atoms with Crippen molar-refractivity contribution in [3.8, 4) is 0 Å². The van der Waals surface area contributed by atoms with Crippen molar-refractivity contribution in [3.63, 3.8) is 0 Å². The molecule has 1 heterocycles. The van der Waals surface area contributed by atoms with Crippen LogP contribution in [0.2, 0.25) is 18.1 Å². The molecule has 0 aromatic carbocycles. The minimum atomic E-state index is -1.81. The van der Waals surface area contributed by atoms with Crippen molar-refractivity contribution in [2.75, 3.05) is 19.5 Å². The van der Waals surface area contributed by atoms with Gasteiger partial charge in [-0.1, -0.05) is 20.8 Å². The van der Waals surface area contributed by atoms with Gasteiger partial charge in [0.05, 0.1) is 12.7 Å². The van der Waals surface area contributed by atoms with Crippen molar-refractivity contribution in [2.24, 2.45) is 0 Å². The first-order valence-corrected chi connectivity index (χ1v) is 9.93. The standard InChI is InChI=1S/C15H28N2O2Si/c1-15(2,3)20(5,6)19-14(11-18-4)10-13-9-12(16)7-8-17-13/h7-9,14H,10-11H2,1-6H3,(H2,16,17)/t14-/m0/s1. The van der Waals surface area contributed by atoms with Crippen LogP contribution in [-0.4, -0.2) is 33.1 Å². The number of aromatic nitrogens is 1. The molecule has 0 fully saturated rings. The third-order valence-electron chi connectivity index (χ3n) is 3.90.